The molecular formula is C11H16N3O3+. The minimum Gasteiger partial charge on any atom is -0.461 e. The fraction of sp³-hybridized carbons (Fsp3) is 0.364. The van der Waals surface area contributed by atoms with Crippen LogP contribution in [0, 0.1) is 0 Å². The van der Waals surface area contributed by atoms with E-state index in [0.29, 0.717) is 12.2 Å². The summed E-state index contributed by atoms with van der Waals surface area (Å²) in [5.41, 5.74) is 5.46. The SMILES string of the molecule is CCOC(=O)C[n+]1cccc(C(=O)NNC)c1. The van der Waals surface area contributed by atoms with Crippen molar-refractivity contribution in [3.8, 4) is 0 Å². The third kappa shape index (κ3) is 4.20. The first-order valence-corrected chi connectivity index (χ1v) is 5.29. The fourth-order valence-corrected chi connectivity index (χ4v) is 1.30. The Morgan fingerprint density at radius 3 is 2.88 bits per heavy atom. The minimum absolute atomic E-state index is 0.0918. The predicted octanol–water partition coefficient (Wildman–Crippen LogP) is -0.599. The van der Waals surface area contributed by atoms with Crippen LogP contribution in [0.1, 0.15) is 17.3 Å². The largest absolute Gasteiger partial charge is 0.461 e. The summed E-state index contributed by atoms with van der Waals surface area (Å²) in [6, 6.07) is 3.36. The molecule has 0 unspecified atom stereocenters. The van der Waals surface area contributed by atoms with Crippen LogP contribution in [0.3, 0.4) is 0 Å². The van der Waals surface area contributed by atoms with Gasteiger partial charge in [0.25, 0.3) is 5.91 Å². The number of hydrazine groups is 1. The van der Waals surface area contributed by atoms with E-state index in [2.05, 4.69) is 10.9 Å². The molecular weight excluding hydrogens is 222 g/mol. The second-order valence-electron chi connectivity index (χ2n) is 3.27. The molecule has 0 aliphatic heterocycles. The van der Waals surface area contributed by atoms with Gasteiger partial charge in [-0.05, 0) is 13.0 Å². The summed E-state index contributed by atoms with van der Waals surface area (Å²) in [6.07, 6.45) is 3.29. The molecule has 1 rings (SSSR count). The van der Waals surface area contributed by atoms with E-state index in [1.165, 1.54) is 0 Å². The molecule has 0 fully saturated rings. The molecule has 1 amide bonds. The number of aromatic nitrogens is 1. The molecule has 17 heavy (non-hydrogen) atoms. The van der Waals surface area contributed by atoms with Crippen LogP contribution in [-0.4, -0.2) is 25.5 Å². The molecule has 6 nitrogen and oxygen atoms in total. The van der Waals surface area contributed by atoms with Gasteiger partial charge in [0.05, 0.1) is 6.61 Å². The van der Waals surface area contributed by atoms with Gasteiger partial charge in [-0.2, -0.15) is 4.57 Å². The van der Waals surface area contributed by atoms with E-state index in [-0.39, 0.29) is 18.4 Å². The highest BCUT2D eigenvalue weighted by atomic mass is 16.5. The molecule has 0 aromatic carbocycles. The number of rotatable bonds is 5. The summed E-state index contributed by atoms with van der Waals surface area (Å²) >= 11 is 0. The average molecular weight is 238 g/mol. The molecule has 0 saturated heterocycles. The maximum absolute atomic E-state index is 11.5. The smallest absolute Gasteiger partial charge is 0.372 e. The van der Waals surface area contributed by atoms with Crippen LogP contribution in [0.2, 0.25) is 0 Å². The van der Waals surface area contributed by atoms with Crippen LogP contribution in [-0.2, 0) is 16.1 Å². The summed E-state index contributed by atoms with van der Waals surface area (Å²) in [5.74, 6) is -0.589. The Morgan fingerprint density at radius 2 is 2.24 bits per heavy atom. The number of hydrogen-bond acceptors (Lipinski definition) is 4. The van der Waals surface area contributed by atoms with E-state index in [4.69, 9.17) is 4.74 Å². The van der Waals surface area contributed by atoms with Gasteiger partial charge in [-0.1, -0.05) is 0 Å². The Hall–Kier alpha value is -1.95. The van der Waals surface area contributed by atoms with E-state index in [1.54, 1.807) is 43.1 Å². The predicted molar refractivity (Wildman–Crippen MR) is 59.8 cm³/mol. The van der Waals surface area contributed by atoms with Crippen molar-refractivity contribution in [1.29, 1.82) is 0 Å². The van der Waals surface area contributed by atoms with Gasteiger partial charge >= 0.3 is 5.97 Å². The van der Waals surface area contributed by atoms with Gasteiger partial charge in [-0.3, -0.25) is 10.2 Å². The van der Waals surface area contributed by atoms with E-state index in [9.17, 15) is 9.59 Å². The first-order chi connectivity index (χ1) is 8.17. The lowest BCUT2D eigenvalue weighted by Crippen LogP contribution is -2.41. The van der Waals surface area contributed by atoms with Crippen molar-refractivity contribution >= 4 is 11.9 Å². The highest BCUT2D eigenvalue weighted by Gasteiger charge is 2.13. The van der Waals surface area contributed by atoms with Crippen LogP contribution in [0.5, 0.6) is 0 Å². The van der Waals surface area contributed by atoms with Gasteiger partial charge < -0.3 is 4.74 Å². The summed E-state index contributed by atoms with van der Waals surface area (Å²) in [7, 11) is 1.60. The van der Waals surface area contributed by atoms with Crippen LogP contribution in [0.15, 0.2) is 24.5 Å². The third-order valence-electron chi connectivity index (χ3n) is 1.98. The molecule has 1 aromatic rings. The van der Waals surface area contributed by atoms with Crippen LogP contribution in [0.25, 0.3) is 0 Å². The molecule has 0 saturated carbocycles. The third-order valence-corrected chi connectivity index (χ3v) is 1.98. The molecule has 0 atom stereocenters. The number of carbonyl (C=O) groups is 2. The molecule has 0 spiro atoms. The lowest BCUT2D eigenvalue weighted by atomic mass is 10.3. The number of nitrogens with one attached hydrogen (secondary N) is 2. The van der Waals surface area contributed by atoms with Crippen LogP contribution < -0.4 is 15.4 Å². The number of esters is 1. The molecule has 0 bridgehead atoms. The van der Waals surface area contributed by atoms with Crippen molar-refractivity contribution in [1.82, 2.24) is 10.9 Å². The monoisotopic (exact) mass is 238 g/mol. The second-order valence-corrected chi connectivity index (χ2v) is 3.27. The molecule has 0 aliphatic carbocycles. The first-order valence-electron chi connectivity index (χ1n) is 5.29. The summed E-state index contributed by atoms with van der Waals surface area (Å²) in [4.78, 5) is 22.8. The lowest BCUT2D eigenvalue weighted by Gasteiger charge is -2.02. The van der Waals surface area contributed by atoms with E-state index in [1.807, 2.05) is 0 Å². The van der Waals surface area contributed by atoms with Crippen LogP contribution in [0.4, 0.5) is 0 Å². The van der Waals surface area contributed by atoms with Gasteiger partial charge in [0, 0.05) is 13.1 Å². The van der Waals surface area contributed by atoms with Gasteiger partial charge in [-0.25, -0.2) is 10.2 Å². The van der Waals surface area contributed by atoms with Crippen molar-refractivity contribution < 1.29 is 18.9 Å². The lowest BCUT2D eigenvalue weighted by molar-refractivity contribution is -0.686. The number of amides is 1. The summed E-state index contributed by atoms with van der Waals surface area (Å²) < 4.78 is 6.42. The maximum atomic E-state index is 11.5. The van der Waals surface area contributed by atoms with Gasteiger partial charge in [0.1, 0.15) is 5.56 Å². The Balaban J connectivity index is 2.72. The molecule has 2 N–H and O–H groups in total. The molecule has 1 aromatic heterocycles. The zero-order chi connectivity index (χ0) is 12.7. The molecule has 1 heterocycles. The number of pyridine rings is 1. The number of nitrogens with zero attached hydrogens (tertiary/aromatic N) is 1. The van der Waals surface area contributed by atoms with E-state index in [0.717, 1.165) is 0 Å². The number of hydrogen-bond donors (Lipinski definition) is 2. The fourth-order valence-electron chi connectivity index (χ4n) is 1.30. The Labute approximate surface area is 99.6 Å². The highest BCUT2D eigenvalue weighted by Crippen LogP contribution is 1.93. The molecule has 92 valence electrons. The van der Waals surface area contributed by atoms with Gasteiger partial charge in [0.2, 0.25) is 6.54 Å². The van der Waals surface area contributed by atoms with Crippen molar-refractivity contribution in [2.45, 2.75) is 13.5 Å². The average Bonchev–Trinajstić information content (AvgIpc) is 2.30. The minimum atomic E-state index is -0.330. The number of ether oxygens (including phenoxy) is 1. The maximum Gasteiger partial charge on any atom is 0.372 e. The molecule has 0 aliphatic rings. The van der Waals surface area contributed by atoms with Gasteiger partial charge in [0.15, 0.2) is 12.4 Å². The topological polar surface area (TPSA) is 71.3 Å². The Bertz CT molecular complexity index is 407. The Morgan fingerprint density at radius 1 is 1.47 bits per heavy atom. The standard InChI is InChI=1S/C11H15N3O3/c1-3-17-10(15)8-14-6-4-5-9(7-14)11(16)13-12-2/h4-7,12H,3,8H2,1-2H3/p+1. The second kappa shape index (κ2) is 6.59. The summed E-state index contributed by atoms with van der Waals surface area (Å²) in [5, 5.41) is 0. The zero-order valence-electron chi connectivity index (χ0n) is 9.90. The van der Waals surface area contributed by atoms with Gasteiger partial charge in [-0.15, -0.1) is 0 Å². The molecule has 0 radical (unpaired) electrons. The van der Waals surface area contributed by atoms with Crippen molar-refractivity contribution in [3.05, 3.63) is 30.1 Å². The zero-order valence-corrected chi connectivity index (χ0v) is 9.90. The van der Waals surface area contributed by atoms with Crippen LogP contribution >= 0.6 is 0 Å². The normalized spacial score (nSPS) is 9.76. The summed E-state index contributed by atoms with van der Waals surface area (Å²) in [6.45, 7) is 2.19. The van der Waals surface area contributed by atoms with E-state index >= 15 is 0 Å². The quantitative estimate of drug-likeness (QED) is 0.408. The first kappa shape index (κ1) is 13.1. The van der Waals surface area contributed by atoms with Crippen molar-refractivity contribution in [2.24, 2.45) is 0 Å². The van der Waals surface area contributed by atoms with E-state index < -0.39 is 0 Å². The number of carbonyl (C=O) groups excluding carboxylic acids is 2. The van der Waals surface area contributed by atoms with Crippen molar-refractivity contribution in [2.75, 3.05) is 13.7 Å². The van der Waals surface area contributed by atoms with Crippen molar-refractivity contribution in [3.63, 3.8) is 0 Å². The molecule has 6 heteroatoms. The Kier molecular flexibility index (Phi) is 5.09. The highest BCUT2D eigenvalue weighted by molar-refractivity contribution is 5.93.